The minimum Gasteiger partial charge on any atom is -0.476 e. The number of ether oxygens (including phenoxy) is 1. The quantitative estimate of drug-likeness (QED) is 0.669. The van der Waals surface area contributed by atoms with Gasteiger partial charge in [-0.05, 0) is 34.2 Å². The molecule has 2 amide bonds. The standard InChI is InChI=1S/C15H12N4O5/c20-13-8-18(11-5-2-1-4-10(11)17-13)14(21)9-24-12-6-3-7-16-15(12)19(22)23/h1-7H,8-9H2,(H,17,20). The highest BCUT2D eigenvalue weighted by atomic mass is 16.6. The van der Waals surface area contributed by atoms with Crippen molar-refractivity contribution in [2.24, 2.45) is 0 Å². The van der Waals surface area contributed by atoms with Crippen LogP contribution >= 0.6 is 0 Å². The first-order valence-corrected chi connectivity index (χ1v) is 6.97. The number of nitro groups is 1. The van der Waals surface area contributed by atoms with Crippen LogP contribution in [-0.2, 0) is 9.59 Å². The summed E-state index contributed by atoms with van der Waals surface area (Å²) in [5.41, 5.74) is 1.07. The second kappa shape index (κ2) is 6.32. The lowest BCUT2D eigenvalue weighted by Gasteiger charge is -2.28. The fraction of sp³-hybridized carbons (Fsp3) is 0.133. The van der Waals surface area contributed by atoms with Gasteiger partial charge >= 0.3 is 5.82 Å². The Morgan fingerprint density at radius 1 is 1.33 bits per heavy atom. The van der Waals surface area contributed by atoms with Crippen LogP contribution in [0.2, 0.25) is 0 Å². The SMILES string of the molecule is O=C1CN(C(=O)COc2cccnc2[N+](=O)[O-])c2ccccc2N1. The third-order valence-corrected chi connectivity index (χ3v) is 3.35. The van der Waals surface area contributed by atoms with Crippen LogP contribution in [0, 0.1) is 10.1 Å². The molecule has 9 heteroatoms. The van der Waals surface area contributed by atoms with Crippen LogP contribution in [0.15, 0.2) is 42.6 Å². The molecule has 2 aromatic rings. The van der Waals surface area contributed by atoms with Gasteiger partial charge in [-0.3, -0.25) is 14.5 Å². The molecular formula is C15H12N4O5. The molecule has 1 aromatic heterocycles. The van der Waals surface area contributed by atoms with E-state index >= 15 is 0 Å². The Labute approximate surface area is 136 Å². The number of hydrogen-bond acceptors (Lipinski definition) is 6. The molecule has 2 heterocycles. The molecule has 1 N–H and O–H groups in total. The fourth-order valence-corrected chi connectivity index (χ4v) is 2.31. The Bertz CT molecular complexity index is 823. The van der Waals surface area contributed by atoms with Crippen molar-refractivity contribution in [2.45, 2.75) is 0 Å². The molecule has 0 unspecified atom stereocenters. The highest BCUT2D eigenvalue weighted by molar-refractivity contribution is 6.10. The third-order valence-electron chi connectivity index (χ3n) is 3.35. The summed E-state index contributed by atoms with van der Waals surface area (Å²) in [4.78, 5) is 39.2. The van der Waals surface area contributed by atoms with E-state index in [0.29, 0.717) is 11.4 Å². The lowest BCUT2D eigenvalue weighted by molar-refractivity contribution is -0.390. The van der Waals surface area contributed by atoms with Crippen LogP contribution in [-0.4, -0.2) is 34.9 Å². The molecule has 9 nitrogen and oxygen atoms in total. The normalized spacial score (nSPS) is 13.0. The van der Waals surface area contributed by atoms with E-state index in [-0.39, 0.29) is 18.2 Å². The summed E-state index contributed by atoms with van der Waals surface area (Å²) in [5, 5.41) is 13.6. The lowest BCUT2D eigenvalue weighted by Crippen LogP contribution is -2.44. The van der Waals surface area contributed by atoms with Crippen molar-refractivity contribution >= 4 is 29.0 Å². The molecule has 0 saturated heterocycles. The Balaban J connectivity index is 1.77. The highest BCUT2D eigenvalue weighted by Crippen LogP contribution is 2.29. The van der Waals surface area contributed by atoms with Crippen LogP contribution in [0.5, 0.6) is 5.75 Å². The van der Waals surface area contributed by atoms with Crippen LogP contribution in [0.3, 0.4) is 0 Å². The molecule has 0 radical (unpaired) electrons. The van der Waals surface area contributed by atoms with Gasteiger partial charge in [0.05, 0.1) is 11.4 Å². The van der Waals surface area contributed by atoms with Crippen LogP contribution in [0.1, 0.15) is 0 Å². The number of nitrogens with one attached hydrogen (secondary N) is 1. The van der Waals surface area contributed by atoms with Gasteiger partial charge in [-0.2, -0.15) is 0 Å². The van der Waals surface area contributed by atoms with E-state index in [1.54, 1.807) is 24.3 Å². The number of para-hydroxylation sites is 2. The average molecular weight is 328 g/mol. The maximum atomic E-state index is 12.4. The average Bonchev–Trinajstić information content (AvgIpc) is 2.59. The van der Waals surface area contributed by atoms with Gasteiger partial charge in [0.2, 0.25) is 11.7 Å². The molecule has 0 saturated carbocycles. The van der Waals surface area contributed by atoms with Gasteiger partial charge in [0, 0.05) is 0 Å². The van der Waals surface area contributed by atoms with E-state index in [0.717, 1.165) is 0 Å². The maximum absolute atomic E-state index is 12.4. The molecule has 122 valence electrons. The first-order chi connectivity index (χ1) is 11.6. The monoisotopic (exact) mass is 328 g/mol. The van der Waals surface area contributed by atoms with E-state index in [1.165, 1.54) is 23.2 Å². The number of carbonyl (C=O) groups is 2. The largest absolute Gasteiger partial charge is 0.476 e. The Hall–Kier alpha value is -3.49. The topological polar surface area (TPSA) is 115 Å². The second-order valence-corrected chi connectivity index (χ2v) is 4.92. The van der Waals surface area contributed by atoms with Crippen molar-refractivity contribution in [1.29, 1.82) is 0 Å². The molecule has 0 aliphatic carbocycles. The van der Waals surface area contributed by atoms with E-state index in [2.05, 4.69) is 10.3 Å². The zero-order valence-corrected chi connectivity index (χ0v) is 12.3. The maximum Gasteiger partial charge on any atom is 0.406 e. The van der Waals surface area contributed by atoms with Gasteiger partial charge in [-0.25, -0.2) is 0 Å². The summed E-state index contributed by atoms with van der Waals surface area (Å²) < 4.78 is 5.24. The molecular weight excluding hydrogens is 316 g/mol. The Morgan fingerprint density at radius 2 is 2.12 bits per heavy atom. The summed E-state index contributed by atoms with van der Waals surface area (Å²) >= 11 is 0. The van der Waals surface area contributed by atoms with Crippen molar-refractivity contribution in [3.8, 4) is 5.75 Å². The van der Waals surface area contributed by atoms with Gasteiger partial charge < -0.3 is 20.2 Å². The zero-order chi connectivity index (χ0) is 17.1. The number of aromatic nitrogens is 1. The van der Waals surface area contributed by atoms with Crippen LogP contribution in [0.25, 0.3) is 0 Å². The number of nitrogens with zero attached hydrogens (tertiary/aromatic N) is 3. The molecule has 1 aliphatic heterocycles. The van der Waals surface area contributed by atoms with Crippen molar-refractivity contribution in [1.82, 2.24) is 4.98 Å². The number of amides is 2. The number of benzene rings is 1. The lowest BCUT2D eigenvalue weighted by atomic mass is 10.2. The number of rotatable bonds is 4. The van der Waals surface area contributed by atoms with Crippen molar-refractivity contribution in [3.05, 3.63) is 52.7 Å². The molecule has 0 atom stereocenters. The summed E-state index contributed by atoms with van der Waals surface area (Å²) in [7, 11) is 0. The second-order valence-electron chi connectivity index (χ2n) is 4.92. The van der Waals surface area contributed by atoms with Gasteiger partial charge in [-0.1, -0.05) is 12.1 Å². The molecule has 0 bridgehead atoms. The van der Waals surface area contributed by atoms with Crippen LogP contribution < -0.4 is 15.0 Å². The van der Waals surface area contributed by atoms with E-state index in [1.807, 2.05) is 0 Å². The smallest absolute Gasteiger partial charge is 0.406 e. The van der Waals surface area contributed by atoms with E-state index in [9.17, 15) is 19.7 Å². The number of carbonyl (C=O) groups excluding carboxylic acids is 2. The summed E-state index contributed by atoms with van der Waals surface area (Å²) in [6, 6.07) is 9.68. The van der Waals surface area contributed by atoms with E-state index in [4.69, 9.17) is 4.74 Å². The predicted molar refractivity (Wildman–Crippen MR) is 83.8 cm³/mol. The molecule has 0 spiro atoms. The molecule has 24 heavy (non-hydrogen) atoms. The number of hydrogen-bond donors (Lipinski definition) is 1. The van der Waals surface area contributed by atoms with Crippen LogP contribution in [0.4, 0.5) is 17.2 Å². The van der Waals surface area contributed by atoms with Gasteiger partial charge in [-0.15, -0.1) is 0 Å². The summed E-state index contributed by atoms with van der Waals surface area (Å²) in [6.45, 7) is -0.595. The van der Waals surface area contributed by atoms with Gasteiger partial charge in [0.25, 0.3) is 5.91 Å². The van der Waals surface area contributed by atoms with Crippen molar-refractivity contribution in [3.63, 3.8) is 0 Å². The molecule has 3 rings (SSSR count). The number of anilines is 2. The minimum atomic E-state index is -0.691. The van der Waals surface area contributed by atoms with Crippen molar-refractivity contribution < 1.29 is 19.2 Å². The van der Waals surface area contributed by atoms with Gasteiger partial charge in [0.1, 0.15) is 12.7 Å². The predicted octanol–water partition coefficient (Wildman–Crippen LogP) is 1.35. The van der Waals surface area contributed by atoms with Gasteiger partial charge in [0.15, 0.2) is 6.61 Å². The zero-order valence-electron chi connectivity index (χ0n) is 12.3. The Morgan fingerprint density at radius 3 is 2.92 bits per heavy atom. The number of fused-ring (bicyclic) bond motifs is 1. The first kappa shape index (κ1) is 15.4. The highest BCUT2D eigenvalue weighted by Gasteiger charge is 2.27. The summed E-state index contributed by atoms with van der Waals surface area (Å²) in [6.07, 6.45) is 1.26. The molecule has 1 aromatic carbocycles. The number of pyridine rings is 1. The van der Waals surface area contributed by atoms with E-state index < -0.39 is 23.3 Å². The minimum absolute atomic E-state index is 0.106. The Kier molecular flexibility index (Phi) is 4.06. The fourth-order valence-electron chi connectivity index (χ4n) is 2.31. The first-order valence-electron chi connectivity index (χ1n) is 6.97. The molecule has 1 aliphatic rings. The van der Waals surface area contributed by atoms with Crippen molar-refractivity contribution in [2.75, 3.05) is 23.4 Å². The molecule has 0 fully saturated rings. The summed E-state index contributed by atoms with van der Waals surface area (Å²) in [5.74, 6) is -1.39. The third kappa shape index (κ3) is 3.00.